The fourth-order valence-corrected chi connectivity index (χ4v) is 2.86. The lowest BCUT2D eigenvalue weighted by molar-refractivity contribution is 0.150. The normalized spacial score (nSPS) is 33.2. The van der Waals surface area contributed by atoms with Gasteiger partial charge in [-0.05, 0) is 45.1 Å². The van der Waals surface area contributed by atoms with Crippen LogP contribution in [0.2, 0.25) is 0 Å². The first-order valence-corrected chi connectivity index (χ1v) is 6.48. The van der Waals surface area contributed by atoms with E-state index in [-0.39, 0.29) is 0 Å². The number of nitrogens with one attached hydrogen (secondary N) is 1. The summed E-state index contributed by atoms with van der Waals surface area (Å²) in [5, 5.41) is 3.78. The molecule has 84 valence electrons. The highest BCUT2D eigenvalue weighted by molar-refractivity contribution is 4.92. The predicted molar refractivity (Wildman–Crippen MR) is 63.6 cm³/mol. The van der Waals surface area contributed by atoms with Crippen LogP contribution in [-0.4, -0.2) is 12.1 Å². The molecule has 0 amide bonds. The van der Waals surface area contributed by atoms with Crippen molar-refractivity contribution >= 4 is 0 Å². The number of rotatable bonds is 5. The van der Waals surface area contributed by atoms with Crippen LogP contribution in [0.3, 0.4) is 0 Å². The quantitative estimate of drug-likeness (QED) is 0.708. The van der Waals surface area contributed by atoms with Crippen LogP contribution < -0.4 is 5.32 Å². The Balaban J connectivity index is 2.49. The predicted octanol–water partition coefficient (Wildman–Crippen LogP) is 3.74. The molecule has 2 atom stereocenters. The Kier molecular flexibility index (Phi) is 4.94. The van der Waals surface area contributed by atoms with E-state index in [4.69, 9.17) is 0 Å². The molecule has 0 aromatic rings. The van der Waals surface area contributed by atoms with Crippen molar-refractivity contribution < 1.29 is 0 Å². The van der Waals surface area contributed by atoms with Crippen LogP contribution in [0.1, 0.15) is 65.7 Å². The lowest BCUT2D eigenvalue weighted by atomic mass is 9.72. The molecule has 1 nitrogen and oxygen atoms in total. The second kappa shape index (κ2) is 5.75. The Morgan fingerprint density at radius 3 is 2.64 bits per heavy atom. The highest BCUT2D eigenvalue weighted by Gasteiger charge is 2.34. The van der Waals surface area contributed by atoms with Crippen LogP contribution in [0.4, 0.5) is 0 Å². The summed E-state index contributed by atoms with van der Waals surface area (Å²) in [6.45, 7) is 8.21. The van der Waals surface area contributed by atoms with Crippen molar-refractivity contribution in [3.05, 3.63) is 0 Å². The largest absolute Gasteiger partial charge is 0.311 e. The third-order valence-electron chi connectivity index (χ3n) is 3.82. The van der Waals surface area contributed by atoms with Gasteiger partial charge in [-0.25, -0.2) is 0 Å². The lowest BCUT2D eigenvalue weighted by Crippen LogP contribution is -2.50. The minimum absolute atomic E-state index is 0.449. The monoisotopic (exact) mass is 197 g/mol. The van der Waals surface area contributed by atoms with Crippen molar-refractivity contribution in [2.75, 3.05) is 6.54 Å². The molecule has 0 aliphatic heterocycles. The zero-order valence-corrected chi connectivity index (χ0v) is 10.2. The van der Waals surface area contributed by atoms with Crippen LogP contribution >= 0.6 is 0 Å². The topological polar surface area (TPSA) is 12.0 Å². The van der Waals surface area contributed by atoms with Crippen molar-refractivity contribution in [3.63, 3.8) is 0 Å². The third kappa shape index (κ3) is 2.98. The molecule has 1 aliphatic carbocycles. The molecule has 1 rings (SSSR count). The van der Waals surface area contributed by atoms with Gasteiger partial charge in [0.2, 0.25) is 0 Å². The van der Waals surface area contributed by atoms with E-state index < -0.39 is 0 Å². The average molecular weight is 197 g/mol. The Bertz CT molecular complexity index is 153. The maximum absolute atomic E-state index is 3.78. The summed E-state index contributed by atoms with van der Waals surface area (Å²) < 4.78 is 0. The molecule has 1 N–H and O–H groups in total. The maximum Gasteiger partial charge on any atom is 0.0181 e. The summed E-state index contributed by atoms with van der Waals surface area (Å²) in [6.07, 6.45) is 9.72. The highest BCUT2D eigenvalue weighted by atomic mass is 15.0. The van der Waals surface area contributed by atoms with Crippen molar-refractivity contribution in [1.29, 1.82) is 0 Å². The molecule has 1 heteroatoms. The van der Waals surface area contributed by atoms with Gasteiger partial charge in [0.15, 0.2) is 0 Å². The molecule has 1 fully saturated rings. The SMILES string of the molecule is CCCNC1(C)CCCCC1CCC. The molecule has 0 aromatic carbocycles. The van der Waals surface area contributed by atoms with Crippen LogP contribution in [0.15, 0.2) is 0 Å². The molecule has 0 heterocycles. The summed E-state index contributed by atoms with van der Waals surface area (Å²) in [7, 11) is 0. The van der Waals surface area contributed by atoms with Gasteiger partial charge in [0.1, 0.15) is 0 Å². The molecule has 14 heavy (non-hydrogen) atoms. The third-order valence-corrected chi connectivity index (χ3v) is 3.82. The van der Waals surface area contributed by atoms with Crippen LogP contribution in [0.5, 0.6) is 0 Å². The van der Waals surface area contributed by atoms with Crippen molar-refractivity contribution in [2.45, 2.75) is 71.3 Å². The molecule has 1 saturated carbocycles. The van der Waals surface area contributed by atoms with Crippen LogP contribution in [0.25, 0.3) is 0 Å². The van der Waals surface area contributed by atoms with E-state index >= 15 is 0 Å². The smallest absolute Gasteiger partial charge is 0.0181 e. The molecule has 0 saturated heterocycles. The average Bonchev–Trinajstić information content (AvgIpc) is 2.19. The zero-order chi connectivity index (χ0) is 10.4. The summed E-state index contributed by atoms with van der Waals surface area (Å²) in [5.41, 5.74) is 0.449. The Labute approximate surface area is 89.7 Å². The van der Waals surface area contributed by atoms with Crippen LogP contribution in [0, 0.1) is 5.92 Å². The summed E-state index contributed by atoms with van der Waals surface area (Å²) in [4.78, 5) is 0. The molecule has 0 spiro atoms. The number of hydrogen-bond acceptors (Lipinski definition) is 1. The molecule has 0 aromatic heterocycles. The van der Waals surface area contributed by atoms with Crippen molar-refractivity contribution in [3.8, 4) is 0 Å². The first-order chi connectivity index (χ1) is 6.73. The van der Waals surface area contributed by atoms with Crippen molar-refractivity contribution in [2.24, 2.45) is 5.92 Å². The minimum atomic E-state index is 0.449. The van der Waals surface area contributed by atoms with E-state index in [9.17, 15) is 0 Å². The van der Waals surface area contributed by atoms with E-state index in [0.29, 0.717) is 5.54 Å². The van der Waals surface area contributed by atoms with Gasteiger partial charge in [-0.3, -0.25) is 0 Å². The minimum Gasteiger partial charge on any atom is -0.311 e. The van der Waals surface area contributed by atoms with Crippen LogP contribution in [-0.2, 0) is 0 Å². The Morgan fingerprint density at radius 1 is 1.21 bits per heavy atom. The highest BCUT2D eigenvalue weighted by Crippen LogP contribution is 2.36. The number of hydrogen-bond donors (Lipinski definition) is 1. The van der Waals surface area contributed by atoms with Gasteiger partial charge in [-0.1, -0.05) is 33.1 Å². The molecular formula is C13H27N. The first-order valence-electron chi connectivity index (χ1n) is 6.48. The standard InChI is InChI=1S/C13H27N/c1-4-8-12-9-6-7-10-13(12,3)14-11-5-2/h12,14H,4-11H2,1-3H3. The second-order valence-electron chi connectivity index (χ2n) is 5.08. The molecule has 2 unspecified atom stereocenters. The van der Waals surface area contributed by atoms with E-state index in [1.165, 1.54) is 51.5 Å². The summed E-state index contributed by atoms with van der Waals surface area (Å²) in [6, 6.07) is 0. The summed E-state index contributed by atoms with van der Waals surface area (Å²) >= 11 is 0. The lowest BCUT2D eigenvalue weighted by Gasteiger charge is -2.42. The molecule has 0 bridgehead atoms. The van der Waals surface area contributed by atoms with Gasteiger partial charge in [-0.15, -0.1) is 0 Å². The van der Waals surface area contributed by atoms with Gasteiger partial charge in [-0.2, -0.15) is 0 Å². The molecule has 1 aliphatic rings. The fourth-order valence-electron chi connectivity index (χ4n) is 2.86. The van der Waals surface area contributed by atoms with Gasteiger partial charge >= 0.3 is 0 Å². The van der Waals surface area contributed by atoms with Gasteiger partial charge < -0.3 is 5.32 Å². The van der Waals surface area contributed by atoms with E-state index in [2.05, 4.69) is 26.1 Å². The second-order valence-corrected chi connectivity index (χ2v) is 5.08. The van der Waals surface area contributed by atoms with E-state index in [0.717, 1.165) is 5.92 Å². The van der Waals surface area contributed by atoms with Gasteiger partial charge in [0, 0.05) is 5.54 Å². The summed E-state index contributed by atoms with van der Waals surface area (Å²) in [5.74, 6) is 0.924. The van der Waals surface area contributed by atoms with E-state index in [1.54, 1.807) is 0 Å². The first kappa shape index (κ1) is 12.0. The van der Waals surface area contributed by atoms with Gasteiger partial charge in [0.05, 0.1) is 0 Å². The fraction of sp³-hybridized carbons (Fsp3) is 1.00. The zero-order valence-electron chi connectivity index (χ0n) is 10.2. The Hall–Kier alpha value is -0.0400. The molecular weight excluding hydrogens is 170 g/mol. The van der Waals surface area contributed by atoms with E-state index in [1.807, 2.05) is 0 Å². The Morgan fingerprint density at radius 2 is 2.00 bits per heavy atom. The molecule has 0 radical (unpaired) electrons. The van der Waals surface area contributed by atoms with Crippen molar-refractivity contribution in [1.82, 2.24) is 5.32 Å². The van der Waals surface area contributed by atoms with Gasteiger partial charge in [0.25, 0.3) is 0 Å². The maximum atomic E-state index is 3.78.